The van der Waals surface area contributed by atoms with Crippen LogP contribution in [0.25, 0.3) is 0 Å². The van der Waals surface area contributed by atoms with Crippen molar-refractivity contribution in [2.75, 3.05) is 0 Å². The zero-order valence-electron chi connectivity index (χ0n) is 5.87. The molecular formula is C2H4KO8P. The minimum Gasteiger partial charge on any atom is -0.756 e. The molecule has 0 atom stereocenters. The first-order valence-electron chi connectivity index (χ1n) is 1.87. The van der Waals surface area contributed by atoms with Crippen LogP contribution in [-0.4, -0.2) is 31.9 Å². The van der Waals surface area contributed by atoms with Crippen molar-refractivity contribution in [1.29, 1.82) is 0 Å². The van der Waals surface area contributed by atoms with Crippen molar-refractivity contribution in [1.82, 2.24) is 0 Å². The molecule has 10 heteroatoms. The van der Waals surface area contributed by atoms with E-state index in [-0.39, 0.29) is 51.4 Å². The number of carboxylic acid groups (broad SMARTS) is 2. The maximum atomic E-state index is 9.10. The number of carboxylic acids is 2. The molecule has 12 heavy (non-hydrogen) atoms. The Morgan fingerprint density at radius 1 is 1.08 bits per heavy atom. The van der Waals surface area contributed by atoms with Gasteiger partial charge in [-0.2, -0.15) is 0 Å². The number of hydrogen-bond acceptors (Lipinski definition) is 4. The maximum absolute atomic E-state index is 9.10. The second-order valence-electron chi connectivity index (χ2n) is 1.10. The number of carbonyl (C=O) groups is 2. The summed E-state index contributed by atoms with van der Waals surface area (Å²) in [5, 5.41) is 14.8. The van der Waals surface area contributed by atoms with Crippen LogP contribution in [0.5, 0.6) is 0 Å². The molecule has 0 aliphatic heterocycles. The second kappa shape index (κ2) is 8.29. The SMILES string of the molecule is O=C(O)C(=O)O.O=P([O-])(O)O.[K+]. The van der Waals surface area contributed by atoms with Gasteiger partial charge >= 0.3 is 63.3 Å². The van der Waals surface area contributed by atoms with Gasteiger partial charge < -0.3 is 24.9 Å². The first kappa shape index (κ1) is 18.5. The van der Waals surface area contributed by atoms with Gasteiger partial charge in [-0.3, -0.25) is 4.57 Å². The minimum atomic E-state index is -4.89. The third kappa shape index (κ3) is 45.7. The monoisotopic (exact) mass is 226 g/mol. The largest absolute Gasteiger partial charge is 1.00 e. The van der Waals surface area contributed by atoms with Crippen LogP contribution >= 0.6 is 7.82 Å². The Hall–Kier alpha value is 0.686. The number of aliphatic carboxylic acids is 2. The van der Waals surface area contributed by atoms with E-state index < -0.39 is 19.8 Å². The van der Waals surface area contributed by atoms with Crippen LogP contribution in [-0.2, 0) is 14.2 Å². The van der Waals surface area contributed by atoms with Gasteiger partial charge in [0.05, 0.1) is 0 Å². The van der Waals surface area contributed by atoms with Crippen LogP contribution in [0.4, 0.5) is 0 Å². The van der Waals surface area contributed by atoms with E-state index in [1.807, 2.05) is 0 Å². The average Bonchev–Trinajstić information content (AvgIpc) is 1.59. The number of phosphoric acid groups is 1. The van der Waals surface area contributed by atoms with Crippen LogP contribution in [0, 0.1) is 0 Å². The number of hydrogen-bond donors (Lipinski definition) is 4. The fraction of sp³-hybridized carbons (Fsp3) is 0. The predicted octanol–water partition coefficient (Wildman–Crippen LogP) is -5.40. The van der Waals surface area contributed by atoms with Gasteiger partial charge in [0, 0.05) is 0 Å². The molecule has 0 aromatic heterocycles. The molecule has 0 fully saturated rings. The van der Waals surface area contributed by atoms with Gasteiger partial charge in [-0.1, -0.05) is 0 Å². The van der Waals surface area contributed by atoms with E-state index in [9.17, 15) is 0 Å². The smallest absolute Gasteiger partial charge is 0.756 e. The Morgan fingerprint density at radius 2 is 1.17 bits per heavy atom. The Morgan fingerprint density at radius 3 is 1.17 bits per heavy atom. The standard InChI is InChI=1S/C2H2O4.K.H3O4P/c3-1(4)2(5)6;;1-5(2,3)4/h(H,3,4)(H,5,6);;(H3,1,2,3,4)/q;+1;/p-1. The molecule has 0 rings (SSSR count). The summed E-state index contributed by atoms with van der Waals surface area (Å²) < 4.78 is 8.77. The summed E-state index contributed by atoms with van der Waals surface area (Å²) in [6.07, 6.45) is 0. The van der Waals surface area contributed by atoms with Crippen molar-refractivity contribution in [2.24, 2.45) is 0 Å². The van der Waals surface area contributed by atoms with E-state index >= 15 is 0 Å². The molecule has 0 spiro atoms. The Bertz CT molecular complexity index is 173. The molecule has 0 heterocycles. The van der Waals surface area contributed by atoms with Crippen molar-refractivity contribution >= 4 is 19.8 Å². The van der Waals surface area contributed by atoms with Crippen LogP contribution in [0.1, 0.15) is 0 Å². The molecule has 66 valence electrons. The van der Waals surface area contributed by atoms with Gasteiger partial charge in [0.15, 0.2) is 0 Å². The minimum absolute atomic E-state index is 0. The van der Waals surface area contributed by atoms with Gasteiger partial charge in [-0.05, 0) is 0 Å². The summed E-state index contributed by atoms with van der Waals surface area (Å²) in [6.45, 7) is 0. The van der Waals surface area contributed by atoms with Crippen molar-refractivity contribution in [3.05, 3.63) is 0 Å². The number of rotatable bonds is 0. The normalized spacial score (nSPS) is 8.58. The Kier molecular flexibility index (Phi) is 12.8. The molecule has 0 aromatic rings. The fourth-order valence-electron chi connectivity index (χ4n) is 0. The van der Waals surface area contributed by atoms with Crippen molar-refractivity contribution in [3.63, 3.8) is 0 Å². The van der Waals surface area contributed by atoms with Gasteiger partial charge in [-0.15, -0.1) is 0 Å². The molecule has 0 aliphatic carbocycles. The van der Waals surface area contributed by atoms with Gasteiger partial charge in [-0.25, -0.2) is 9.59 Å². The molecule has 0 radical (unpaired) electrons. The predicted molar refractivity (Wildman–Crippen MR) is 27.3 cm³/mol. The van der Waals surface area contributed by atoms with E-state index in [0.29, 0.717) is 0 Å². The summed E-state index contributed by atoms with van der Waals surface area (Å²) in [7, 11) is -4.89. The Balaban J connectivity index is -0.000000126. The molecule has 0 unspecified atom stereocenters. The third-order valence-corrected chi connectivity index (χ3v) is 0.183. The first-order valence-corrected chi connectivity index (χ1v) is 3.40. The molecule has 0 amide bonds. The molecule has 0 aliphatic rings. The third-order valence-electron chi connectivity index (χ3n) is 0.183. The van der Waals surface area contributed by atoms with E-state index in [0.717, 1.165) is 0 Å². The van der Waals surface area contributed by atoms with E-state index in [4.69, 9.17) is 39.0 Å². The van der Waals surface area contributed by atoms with E-state index in [1.165, 1.54) is 0 Å². The van der Waals surface area contributed by atoms with Crippen LogP contribution in [0.2, 0.25) is 0 Å². The van der Waals surface area contributed by atoms with Crippen molar-refractivity contribution in [2.45, 2.75) is 0 Å². The molecule has 0 aromatic carbocycles. The average molecular weight is 226 g/mol. The zero-order valence-corrected chi connectivity index (χ0v) is 9.89. The fourth-order valence-corrected chi connectivity index (χ4v) is 0. The summed E-state index contributed by atoms with van der Waals surface area (Å²) in [5.74, 6) is -3.65. The van der Waals surface area contributed by atoms with Gasteiger partial charge in [0.1, 0.15) is 0 Å². The summed E-state index contributed by atoms with van der Waals surface area (Å²) in [6, 6.07) is 0. The van der Waals surface area contributed by atoms with E-state index in [2.05, 4.69) is 0 Å². The molecule has 0 saturated carbocycles. The van der Waals surface area contributed by atoms with Crippen LogP contribution in [0.15, 0.2) is 0 Å². The van der Waals surface area contributed by atoms with Gasteiger partial charge in [0.2, 0.25) is 0 Å². The van der Waals surface area contributed by atoms with Crippen molar-refractivity contribution < 1.29 is 90.4 Å². The maximum Gasteiger partial charge on any atom is 1.00 e. The molecule has 0 bridgehead atoms. The summed E-state index contributed by atoms with van der Waals surface area (Å²) in [5.41, 5.74) is 0. The molecule has 0 saturated heterocycles. The van der Waals surface area contributed by atoms with E-state index in [1.54, 1.807) is 0 Å². The van der Waals surface area contributed by atoms with Crippen molar-refractivity contribution in [3.8, 4) is 0 Å². The van der Waals surface area contributed by atoms with Gasteiger partial charge in [0.25, 0.3) is 7.82 Å². The first-order chi connectivity index (χ1) is 4.64. The second-order valence-corrected chi connectivity index (χ2v) is 2.08. The molecule has 4 N–H and O–H groups in total. The molecule has 8 nitrogen and oxygen atoms in total. The summed E-state index contributed by atoms with van der Waals surface area (Å²) in [4.78, 5) is 41.1. The topological polar surface area (TPSA) is 155 Å². The van der Waals surface area contributed by atoms with Crippen LogP contribution in [0.3, 0.4) is 0 Å². The summed E-state index contributed by atoms with van der Waals surface area (Å²) >= 11 is 0. The molecular weight excluding hydrogens is 222 g/mol. The van der Waals surface area contributed by atoms with Crippen LogP contribution < -0.4 is 56.3 Å². The Labute approximate surface area is 109 Å². The zero-order chi connectivity index (χ0) is 9.65. The quantitative estimate of drug-likeness (QED) is 0.181.